The summed E-state index contributed by atoms with van der Waals surface area (Å²) < 4.78 is 39.5. The molecule has 1 unspecified atom stereocenters. The molecule has 1 saturated carbocycles. The SMILES string of the molecule is CN(C)/C=C1/NCC(C2CC2)(C(F)(F)F)C1=O. The number of ketones is 1. The van der Waals surface area contributed by atoms with Gasteiger partial charge in [0, 0.05) is 26.8 Å². The largest absolute Gasteiger partial charge is 0.403 e. The standard InChI is InChI=1S/C11H15F3N2O/c1-16(2)5-8-9(17)10(6-15-8,7-3-4-7)11(12,13)14/h5,7,15H,3-4,6H2,1-2H3/b8-5+. The Morgan fingerprint density at radius 1 is 1.41 bits per heavy atom. The maximum atomic E-state index is 13.2. The number of allylic oxidation sites excluding steroid dienone is 1. The van der Waals surface area contributed by atoms with Crippen molar-refractivity contribution in [1.82, 2.24) is 10.2 Å². The molecule has 0 aromatic rings. The second-order valence-corrected chi connectivity index (χ2v) is 4.93. The first-order chi connectivity index (χ1) is 7.79. The van der Waals surface area contributed by atoms with Crippen LogP contribution in [-0.4, -0.2) is 37.5 Å². The van der Waals surface area contributed by atoms with Crippen molar-refractivity contribution in [2.75, 3.05) is 20.6 Å². The van der Waals surface area contributed by atoms with Gasteiger partial charge in [0.05, 0.1) is 5.70 Å². The van der Waals surface area contributed by atoms with E-state index in [0.29, 0.717) is 12.8 Å². The van der Waals surface area contributed by atoms with Crippen LogP contribution in [0.5, 0.6) is 0 Å². The lowest BCUT2D eigenvalue weighted by molar-refractivity contribution is -0.219. The third-order valence-electron chi connectivity index (χ3n) is 3.37. The molecule has 2 fully saturated rings. The lowest BCUT2D eigenvalue weighted by Gasteiger charge is -2.28. The molecule has 3 nitrogen and oxygen atoms in total. The molecule has 1 saturated heterocycles. The van der Waals surface area contributed by atoms with E-state index in [-0.39, 0.29) is 12.2 Å². The van der Waals surface area contributed by atoms with E-state index in [1.165, 1.54) is 6.20 Å². The van der Waals surface area contributed by atoms with E-state index in [9.17, 15) is 18.0 Å². The Morgan fingerprint density at radius 3 is 2.41 bits per heavy atom. The van der Waals surface area contributed by atoms with Crippen LogP contribution in [0.3, 0.4) is 0 Å². The molecule has 1 heterocycles. The third kappa shape index (κ3) is 1.79. The summed E-state index contributed by atoms with van der Waals surface area (Å²) in [6.45, 7) is -0.320. The second kappa shape index (κ2) is 3.65. The minimum Gasteiger partial charge on any atom is -0.382 e. The quantitative estimate of drug-likeness (QED) is 0.752. The van der Waals surface area contributed by atoms with E-state index in [1.54, 1.807) is 19.0 Å². The summed E-state index contributed by atoms with van der Waals surface area (Å²) in [7, 11) is 3.35. The monoisotopic (exact) mass is 248 g/mol. The van der Waals surface area contributed by atoms with E-state index >= 15 is 0 Å². The van der Waals surface area contributed by atoms with Crippen molar-refractivity contribution in [2.45, 2.75) is 19.0 Å². The van der Waals surface area contributed by atoms with Gasteiger partial charge in [-0.1, -0.05) is 0 Å². The highest BCUT2D eigenvalue weighted by atomic mass is 19.4. The molecule has 0 bridgehead atoms. The van der Waals surface area contributed by atoms with Crippen molar-refractivity contribution in [3.63, 3.8) is 0 Å². The highest BCUT2D eigenvalue weighted by molar-refractivity contribution is 6.02. The van der Waals surface area contributed by atoms with Crippen LogP contribution in [0.25, 0.3) is 0 Å². The number of carbonyl (C=O) groups is 1. The Labute approximate surface area is 97.7 Å². The Kier molecular flexibility index (Phi) is 2.63. The van der Waals surface area contributed by atoms with Gasteiger partial charge in [-0.2, -0.15) is 13.2 Å². The van der Waals surface area contributed by atoms with Gasteiger partial charge in [-0.05, 0) is 18.8 Å². The molecule has 1 N–H and O–H groups in total. The van der Waals surface area contributed by atoms with Crippen molar-refractivity contribution in [1.29, 1.82) is 0 Å². The normalized spacial score (nSPS) is 31.8. The van der Waals surface area contributed by atoms with Crippen LogP contribution in [0.4, 0.5) is 13.2 Å². The zero-order valence-corrected chi connectivity index (χ0v) is 9.77. The predicted molar refractivity (Wildman–Crippen MR) is 56.0 cm³/mol. The van der Waals surface area contributed by atoms with Gasteiger partial charge in [0.15, 0.2) is 11.2 Å². The maximum absolute atomic E-state index is 13.2. The van der Waals surface area contributed by atoms with Gasteiger partial charge < -0.3 is 10.2 Å². The molecule has 0 spiro atoms. The average Bonchev–Trinajstić information content (AvgIpc) is 2.94. The molecule has 2 rings (SSSR count). The fourth-order valence-corrected chi connectivity index (χ4v) is 2.36. The number of alkyl halides is 3. The molecule has 1 aliphatic carbocycles. The first kappa shape index (κ1) is 12.3. The van der Waals surface area contributed by atoms with Crippen molar-refractivity contribution >= 4 is 5.78 Å². The molecule has 96 valence electrons. The number of halogens is 3. The molecule has 0 radical (unpaired) electrons. The molecule has 0 amide bonds. The molecule has 17 heavy (non-hydrogen) atoms. The Hall–Kier alpha value is -1.20. The fourth-order valence-electron chi connectivity index (χ4n) is 2.36. The first-order valence-electron chi connectivity index (χ1n) is 5.52. The molecular weight excluding hydrogens is 233 g/mol. The lowest BCUT2D eigenvalue weighted by Crippen LogP contribution is -2.46. The van der Waals surface area contributed by atoms with Crippen LogP contribution < -0.4 is 5.32 Å². The van der Waals surface area contributed by atoms with Crippen LogP contribution in [-0.2, 0) is 4.79 Å². The third-order valence-corrected chi connectivity index (χ3v) is 3.37. The zero-order chi connectivity index (χ0) is 12.8. The number of carbonyl (C=O) groups excluding carboxylic acids is 1. The van der Waals surface area contributed by atoms with Crippen LogP contribution in [0.2, 0.25) is 0 Å². The number of Topliss-reactive ketones (excluding diaryl/α,β-unsaturated/α-hetero) is 1. The Balaban J connectivity index is 2.35. The van der Waals surface area contributed by atoms with Gasteiger partial charge in [0.25, 0.3) is 0 Å². The molecule has 1 atom stereocenters. The van der Waals surface area contributed by atoms with Crippen molar-refractivity contribution in [3.05, 3.63) is 11.9 Å². The molecule has 6 heteroatoms. The summed E-state index contributed by atoms with van der Waals surface area (Å²) >= 11 is 0. The molecule has 0 aromatic carbocycles. The number of nitrogens with one attached hydrogen (secondary N) is 1. The van der Waals surface area contributed by atoms with E-state index in [0.717, 1.165) is 0 Å². The number of hydrogen-bond donors (Lipinski definition) is 1. The summed E-state index contributed by atoms with van der Waals surface area (Å²) in [5.74, 6) is -1.35. The van der Waals surface area contributed by atoms with Gasteiger partial charge in [0.2, 0.25) is 0 Å². The van der Waals surface area contributed by atoms with Gasteiger partial charge in [-0.3, -0.25) is 4.79 Å². The molecular formula is C11H15F3N2O. The van der Waals surface area contributed by atoms with Crippen molar-refractivity contribution in [2.24, 2.45) is 11.3 Å². The van der Waals surface area contributed by atoms with E-state index in [1.807, 2.05) is 0 Å². The van der Waals surface area contributed by atoms with Gasteiger partial charge in [-0.25, -0.2) is 0 Å². The van der Waals surface area contributed by atoms with E-state index in [2.05, 4.69) is 5.32 Å². The Bertz CT molecular complexity index is 371. The summed E-state index contributed by atoms with van der Waals surface area (Å²) in [4.78, 5) is 13.6. The number of hydrogen-bond acceptors (Lipinski definition) is 3. The summed E-state index contributed by atoms with van der Waals surface area (Å²) in [6.07, 6.45) is -2.08. The second-order valence-electron chi connectivity index (χ2n) is 4.93. The molecule has 2 aliphatic rings. The zero-order valence-electron chi connectivity index (χ0n) is 9.77. The summed E-state index contributed by atoms with van der Waals surface area (Å²) in [5, 5.41) is 2.61. The van der Waals surface area contributed by atoms with E-state index < -0.39 is 23.3 Å². The van der Waals surface area contributed by atoms with Crippen LogP contribution in [0.15, 0.2) is 11.9 Å². The predicted octanol–water partition coefficient (Wildman–Crippen LogP) is 1.52. The van der Waals surface area contributed by atoms with Crippen LogP contribution in [0, 0.1) is 11.3 Å². The first-order valence-corrected chi connectivity index (χ1v) is 5.52. The highest BCUT2D eigenvalue weighted by Gasteiger charge is 2.69. The summed E-state index contributed by atoms with van der Waals surface area (Å²) in [5.41, 5.74) is -2.12. The number of rotatable bonds is 2. The van der Waals surface area contributed by atoms with Crippen LogP contribution >= 0.6 is 0 Å². The van der Waals surface area contributed by atoms with Crippen molar-refractivity contribution in [3.8, 4) is 0 Å². The molecule has 1 aliphatic heterocycles. The minimum atomic E-state index is -4.47. The van der Waals surface area contributed by atoms with Gasteiger partial charge in [0.1, 0.15) is 0 Å². The molecule has 0 aromatic heterocycles. The fraction of sp³-hybridized carbons (Fsp3) is 0.727. The highest BCUT2D eigenvalue weighted by Crippen LogP contribution is 2.57. The van der Waals surface area contributed by atoms with Crippen molar-refractivity contribution < 1.29 is 18.0 Å². The average molecular weight is 248 g/mol. The minimum absolute atomic E-state index is 0.0687. The smallest absolute Gasteiger partial charge is 0.382 e. The Morgan fingerprint density at radius 2 is 2.00 bits per heavy atom. The lowest BCUT2D eigenvalue weighted by atomic mass is 9.79. The maximum Gasteiger partial charge on any atom is 0.403 e. The number of nitrogens with zero attached hydrogens (tertiary/aromatic N) is 1. The summed E-state index contributed by atoms with van der Waals surface area (Å²) in [6, 6.07) is 0. The van der Waals surface area contributed by atoms with E-state index in [4.69, 9.17) is 0 Å². The van der Waals surface area contributed by atoms with Gasteiger partial charge in [-0.15, -0.1) is 0 Å². The topological polar surface area (TPSA) is 32.3 Å². The van der Waals surface area contributed by atoms with Crippen LogP contribution in [0.1, 0.15) is 12.8 Å². The van der Waals surface area contributed by atoms with Gasteiger partial charge >= 0.3 is 6.18 Å².